The van der Waals surface area contributed by atoms with Crippen LogP contribution in [0.1, 0.15) is 37.0 Å². The number of hydrogen-bond acceptors (Lipinski definition) is 9. The van der Waals surface area contributed by atoms with Gasteiger partial charge in [-0.15, -0.1) is 0 Å². The zero-order valence-electron chi connectivity index (χ0n) is 26.8. The van der Waals surface area contributed by atoms with Crippen molar-refractivity contribution in [3.63, 3.8) is 0 Å². The van der Waals surface area contributed by atoms with Gasteiger partial charge in [-0.2, -0.15) is 0 Å². The molecule has 47 heavy (non-hydrogen) atoms. The summed E-state index contributed by atoms with van der Waals surface area (Å²) in [5.41, 5.74) is 2.80. The molecule has 6 rings (SSSR count). The highest BCUT2D eigenvalue weighted by molar-refractivity contribution is 5.68. The van der Waals surface area contributed by atoms with Crippen molar-refractivity contribution < 1.29 is 42.7 Å². The highest BCUT2D eigenvalue weighted by Crippen LogP contribution is 2.34. The Bertz CT molecular complexity index is 1470. The van der Waals surface area contributed by atoms with Gasteiger partial charge in [0.1, 0.15) is 24.3 Å². The molecular formula is C36H43FN2O8. The van der Waals surface area contributed by atoms with Crippen LogP contribution in [-0.4, -0.2) is 73.7 Å². The number of alkyl carbamates (subject to hydrolysis) is 1. The predicted octanol–water partition coefficient (Wildman–Crippen LogP) is 5.05. The smallest absolute Gasteiger partial charge is 0.407 e. The van der Waals surface area contributed by atoms with Crippen LogP contribution in [-0.2, 0) is 33.8 Å². The second-order valence-electron chi connectivity index (χ2n) is 12.8. The van der Waals surface area contributed by atoms with Crippen LogP contribution in [0, 0.1) is 17.7 Å². The number of nitrogens with one attached hydrogen (secondary N) is 1. The Morgan fingerprint density at radius 2 is 1.72 bits per heavy atom. The van der Waals surface area contributed by atoms with Gasteiger partial charge in [0.2, 0.25) is 6.79 Å². The first-order chi connectivity index (χ1) is 22.8. The number of benzene rings is 3. The number of aliphatic hydroxyl groups is 1. The molecule has 0 unspecified atom stereocenters. The second-order valence-corrected chi connectivity index (χ2v) is 12.8. The summed E-state index contributed by atoms with van der Waals surface area (Å²) in [4.78, 5) is 15.4. The van der Waals surface area contributed by atoms with Gasteiger partial charge in [0.25, 0.3) is 0 Å². The first-order valence-corrected chi connectivity index (χ1v) is 16.2. The van der Waals surface area contributed by atoms with Crippen LogP contribution in [0.4, 0.5) is 9.18 Å². The molecule has 3 aromatic carbocycles. The van der Waals surface area contributed by atoms with Gasteiger partial charge in [-0.25, -0.2) is 9.18 Å². The van der Waals surface area contributed by atoms with E-state index in [1.54, 1.807) is 12.1 Å². The normalized spacial score (nSPS) is 21.1. The Balaban J connectivity index is 1.13. The molecule has 3 aliphatic rings. The third kappa shape index (κ3) is 8.92. The lowest BCUT2D eigenvalue weighted by atomic mass is 10.00. The van der Waals surface area contributed by atoms with E-state index in [2.05, 4.69) is 24.1 Å². The van der Waals surface area contributed by atoms with Crippen LogP contribution in [0.5, 0.6) is 17.2 Å². The molecule has 0 aliphatic carbocycles. The van der Waals surface area contributed by atoms with Gasteiger partial charge in [0.15, 0.2) is 17.8 Å². The monoisotopic (exact) mass is 650 g/mol. The van der Waals surface area contributed by atoms with Crippen molar-refractivity contribution in [2.75, 3.05) is 33.1 Å². The zero-order valence-corrected chi connectivity index (χ0v) is 26.8. The van der Waals surface area contributed by atoms with E-state index in [1.165, 1.54) is 12.1 Å². The number of rotatable bonds is 14. The highest BCUT2D eigenvalue weighted by atomic mass is 19.1. The molecule has 3 heterocycles. The molecule has 0 aromatic heterocycles. The molecule has 0 saturated carbocycles. The van der Waals surface area contributed by atoms with Gasteiger partial charge in [0.05, 0.1) is 31.3 Å². The molecule has 0 bridgehead atoms. The fourth-order valence-electron chi connectivity index (χ4n) is 6.29. The van der Waals surface area contributed by atoms with Crippen molar-refractivity contribution in [2.24, 2.45) is 11.8 Å². The largest absolute Gasteiger partial charge is 0.489 e. The maximum Gasteiger partial charge on any atom is 0.407 e. The summed E-state index contributed by atoms with van der Waals surface area (Å²) in [6.45, 7) is 7.30. The van der Waals surface area contributed by atoms with Gasteiger partial charge in [-0.05, 0) is 71.8 Å². The number of nitrogens with zero attached hydrogens (tertiary/aromatic N) is 1. The van der Waals surface area contributed by atoms with E-state index in [4.69, 9.17) is 28.4 Å². The Kier molecular flexibility index (Phi) is 10.8. The molecule has 5 atom stereocenters. The van der Waals surface area contributed by atoms with Crippen LogP contribution in [0.2, 0.25) is 0 Å². The van der Waals surface area contributed by atoms with E-state index in [1.807, 2.05) is 42.5 Å². The number of fused-ring (bicyclic) bond motifs is 2. The minimum absolute atomic E-state index is 0.00908. The summed E-state index contributed by atoms with van der Waals surface area (Å²) in [5.74, 6) is 2.16. The molecular weight excluding hydrogens is 607 g/mol. The fraction of sp³-hybridized carbons (Fsp3) is 0.472. The number of hydrogen-bond donors (Lipinski definition) is 2. The number of carbonyl (C=O) groups excluding carboxylic acids is 1. The maximum absolute atomic E-state index is 13.2. The summed E-state index contributed by atoms with van der Waals surface area (Å²) in [7, 11) is 0. The van der Waals surface area contributed by atoms with Gasteiger partial charge in [-0.3, -0.25) is 4.90 Å². The number of amides is 1. The SMILES string of the molecule is CC(C)CN(Cc1ccc2c(c1)OCO2)C[C@@H](O)[C@H](Cc1ccc(OCc2ccc(F)cc2)cc1)NC(=O)O[C@H]1CO[C@H]2OCC[C@H]21. The molecule has 0 radical (unpaired) electrons. The van der Waals surface area contributed by atoms with E-state index in [9.17, 15) is 14.3 Å². The molecule has 2 saturated heterocycles. The maximum atomic E-state index is 13.2. The fourth-order valence-corrected chi connectivity index (χ4v) is 6.29. The number of aliphatic hydroxyl groups excluding tert-OH is 1. The highest BCUT2D eigenvalue weighted by Gasteiger charge is 2.44. The third-order valence-corrected chi connectivity index (χ3v) is 8.62. The van der Waals surface area contributed by atoms with Gasteiger partial charge in [-0.1, -0.05) is 44.2 Å². The van der Waals surface area contributed by atoms with Crippen LogP contribution in [0.25, 0.3) is 0 Å². The molecule has 10 nitrogen and oxygen atoms in total. The van der Waals surface area contributed by atoms with Crippen molar-refractivity contribution in [3.8, 4) is 17.2 Å². The zero-order chi connectivity index (χ0) is 32.8. The lowest BCUT2D eigenvalue weighted by Gasteiger charge is -2.31. The predicted molar refractivity (Wildman–Crippen MR) is 171 cm³/mol. The summed E-state index contributed by atoms with van der Waals surface area (Å²) in [6.07, 6.45) is -1.11. The quantitative estimate of drug-likeness (QED) is 0.248. The first-order valence-electron chi connectivity index (χ1n) is 16.2. The van der Waals surface area contributed by atoms with E-state index in [-0.39, 0.29) is 31.4 Å². The molecule has 11 heteroatoms. The molecule has 2 fully saturated rings. The first kappa shape index (κ1) is 33.0. The lowest BCUT2D eigenvalue weighted by molar-refractivity contribution is -0.0907. The molecule has 252 valence electrons. The van der Waals surface area contributed by atoms with Crippen LogP contribution in [0.15, 0.2) is 66.7 Å². The number of ether oxygens (including phenoxy) is 6. The van der Waals surface area contributed by atoms with Crippen LogP contribution < -0.4 is 19.5 Å². The average molecular weight is 651 g/mol. The number of carbonyl (C=O) groups is 1. The van der Waals surface area contributed by atoms with E-state index in [0.29, 0.717) is 50.1 Å². The minimum atomic E-state index is -0.910. The Labute approximate surface area is 274 Å². The topological polar surface area (TPSA) is 108 Å². The van der Waals surface area contributed by atoms with Gasteiger partial charge >= 0.3 is 6.09 Å². The van der Waals surface area contributed by atoms with Crippen molar-refractivity contribution in [1.29, 1.82) is 0 Å². The Morgan fingerprint density at radius 3 is 2.51 bits per heavy atom. The molecule has 3 aromatic rings. The van der Waals surface area contributed by atoms with Crippen molar-refractivity contribution in [3.05, 3.63) is 89.2 Å². The van der Waals surface area contributed by atoms with Gasteiger partial charge < -0.3 is 38.8 Å². The molecule has 0 spiro atoms. The average Bonchev–Trinajstić information content (AvgIpc) is 3.80. The molecule has 2 N–H and O–H groups in total. The van der Waals surface area contributed by atoms with Crippen molar-refractivity contribution in [1.82, 2.24) is 10.2 Å². The van der Waals surface area contributed by atoms with Crippen molar-refractivity contribution >= 4 is 6.09 Å². The number of halogens is 1. The Morgan fingerprint density at radius 1 is 0.979 bits per heavy atom. The summed E-state index contributed by atoms with van der Waals surface area (Å²) in [6, 6.07) is 18.9. The summed E-state index contributed by atoms with van der Waals surface area (Å²) in [5, 5.41) is 14.6. The third-order valence-electron chi connectivity index (χ3n) is 8.62. The van der Waals surface area contributed by atoms with E-state index in [0.717, 1.165) is 35.4 Å². The Hall–Kier alpha value is -3.90. The second kappa shape index (κ2) is 15.3. The van der Waals surface area contributed by atoms with Gasteiger partial charge in [0, 0.05) is 19.6 Å². The minimum Gasteiger partial charge on any atom is -0.489 e. The van der Waals surface area contributed by atoms with E-state index >= 15 is 0 Å². The lowest BCUT2D eigenvalue weighted by Crippen LogP contribution is -2.50. The summed E-state index contributed by atoms with van der Waals surface area (Å²) >= 11 is 0. The molecule has 3 aliphatic heterocycles. The van der Waals surface area contributed by atoms with Crippen molar-refractivity contribution in [2.45, 2.75) is 64.4 Å². The molecule has 1 amide bonds. The standard InChI is InChI=1S/C36H43FN2O8/c1-23(2)17-39(18-26-7-12-32-33(16-26)46-22-45-32)19-31(40)30(38-36(41)47-34-21-44-35-29(34)13-14-42-35)15-24-5-10-28(11-6-24)43-20-25-3-8-27(37)9-4-25/h3-12,16,23,29-31,34-35,40H,13-15,17-22H2,1-2H3,(H,38,41)/t29-,30-,31+,34-,35+/m0/s1. The van der Waals surface area contributed by atoms with E-state index < -0.39 is 24.3 Å². The van der Waals surface area contributed by atoms with Crippen LogP contribution >= 0.6 is 0 Å². The summed E-state index contributed by atoms with van der Waals surface area (Å²) < 4.78 is 47.2. The van der Waals surface area contributed by atoms with Crippen LogP contribution in [0.3, 0.4) is 0 Å².